The van der Waals surface area contributed by atoms with Gasteiger partial charge in [0.1, 0.15) is 0 Å². The van der Waals surface area contributed by atoms with Gasteiger partial charge in [-0.1, -0.05) is 76.2 Å². The SMILES string of the molecule is CC(C)CC1(CC(C)C)c2ccccc2-c2ccccc21. The normalized spacial score (nSPS) is 15.3. The molecule has 0 unspecified atom stereocenters. The van der Waals surface area contributed by atoms with Crippen LogP contribution in [-0.2, 0) is 5.41 Å². The number of benzene rings is 2. The van der Waals surface area contributed by atoms with Crippen LogP contribution < -0.4 is 0 Å². The molecule has 0 saturated heterocycles. The van der Waals surface area contributed by atoms with Crippen molar-refractivity contribution in [2.75, 3.05) is 0 Å². The lowest BCUT2D eigenvalue weighted by molar-refractivity contribution is 0.337. The zero-order valence-electron chi connectivity index (χ0n) is 13.7. The molecule has 0 atom stereocenters. The standard InChI is InChI=1S/C21H26/c1-15(2)13-21(14-16(3)4)19-11-7-5-9-17(19)18-10-6-8-12-20(18)21/h5-12,15-16H,13-14H2,1-4H3. The second kappa shape index (κ2) is 5.33. The molecule has 0 aromatic heterocycles. The van der Waals surface area contributed by atoms with Gasteiger partial charge in [-0.2, -0.15) is 0 Å². The lowest BCUT2D eigenvalue weighted by atomic mass is 9.68. The molecule has 110 valence electrons. The monoisotopic (exact) mass is 278 g/mol. The molecule has 0 spiro atoms. The largest absolute Gasteiger partial charge is 0.0627 e. The summed E-state index contributed by atoms with van der Waals surface area (Å²) in [5, 5.41) is 0. The minimum atomic E-state index is 0.204. The van der Waals surface area contributed by atoms with Crippen molar-refractivity contribution in [3.8, 4) is 11.1 Å². The third-order valence-corrected chi connectivity index (χ3v) is 4.69. The predicted molar refractivity (Wildman–Crippen MR) is 91.6 cm³/mol. The molecule has 1 aliphatic rings. The van der Waals surface area contributed by atoms with Crippen molar-refractivity contribution in [2.45, 2.75) is 46.0 Å². The van der Waals surface area contributed by atoms with Crippen LogP contribution in [0.1, 0.15) is 51.7 Å². The minimum absolute atomic E-state index is 0.204. The molecule has 0 bridgehead atoms. The Morgan fingerprint density at radius 1 is 0.667 bits per heavy atom. The fourth-order valence-electron chi connectivity index (χ4n) is 4.33. The van der Waals surface area contributed by atoms with Crippen LogP contribution in [0.15, 0.2) is 48.5 Å². The third kappa shape index (κ3) is 2.31. The molecule has 0 heteroatoms. The quantitative estimate of drug-likeness (QED) is 0.639. The Bertz CT molecular complexity index is 576. The van der Waals surface area contributed by atoms with Gasteiger partial charge in [0.25, 0.3) is 0 Å². The van der Waals surface area contributed by atoms with Crippen molar-refractivity contribution in [2.24, 2.45) is 11.8 Å². The van der Waals surface area contributed by atoms with Gasteiger partial charge in [0.05, 0.1) is 0 Å². The van der Waals surface area contributed by atoms with Crippen molar-refractivity contribution in [1.29, 1.82) is 0 Å². The van der Waals surface area contributed by atoms with Gasteiger partial charge in [-0.05, 0) is 46.9 Å². The highest BCUT2D eigenvalue weighted by Crippen LogP contribution is 2.54. The molecule has 0 fully saturated rings. The van der Waals surface area contributed by atoms with E-state index in [9.17, 15) is 0 Å². The Balaban J connectivity index is 2.26. The van der Waals surface area contributed by atoms with Crippen molar-refractivity contribution >= 4 is 0 Å². The molecule has 0 radical (unpaired) electrons. The van der Waals surface area contributed by atoms with Gasteiger partial charge in [0.15, 0.2) is 0 Å². The molecular weight excluding hydrogens is 252 g/mol. The Morgan fingerprint density at radius 3 is 1.43 bits per heavy atom. The molecule has 1 aliphatic carbocycles. The molecule has 2 aromatic carbocycles. The maximum atomic E-state index is 2.36. The predicted octanol–water partition coefficient (Wildman–Crippen LogP) is 6.05. The maximum Gasteiger partial charge on any atom is 0.0220 e. The van der Waals surface area contributed by atoms with Crippen LogP contribution in [0.4, 0.5) is 0 Å². The van der Waals surface area contributed by atoms with Crippen molar-refractivity contribution < 1.29 is 0 Å². The summed E-state index contributed by atoms with van der Waals surface area (Å²) in [6.07, 6.45) is 2.47. The van der Waals surface area contributed by atoms with Crippen LogP contribution in [-0.4, -0.2) is 0 Å². The van der Waals surface area contributed by atoms with E-state index in [1.807, 2.05) is 0 Å². The van der Waals surface area contributed by atoms with Crippen LogP contribution in [0.25, 0.3) is 11.1 Å². The third-order valence-electron chi connectivity index (χ3n) is 4.69. The summed E-state index contributed by atoms with van der Waals surface area (Å²) >= 11 is 0. The van der Waals surface area contributed by atoms with Crippen molar-refractivity contribution in [1.82, 2.24) is 0 Å². The molecule has 2 aromatic rings. The van der Waals surface area contributed by atoms with Gasteiger partial charge in [0.2, 0.25) is 0 Å². The summed E-state index contributed by atoms with van der Waals surface area (Å²) in [6.45, 7) is 9.41. The van der Waals surface area contributed by atoms with Crippen molar-refractivity contribution in [3.05, 3.63) is 59.7 Å². The molecule has 0 amide bonds. The van der Waals surface area contributed by atoms with Gasteiger partial charge < -0.3 is 0 Å². The Labute approximate surface area is 129 Å². The number of hydrogen-bond acceptors (Lipinski definition) is 0. The van der Waals surface area contributed by atoms with Crippen LogP contribution in [0.2, 0.25) is 0 Å². The average Bonchev–Trinajstić information content (AvgIpc) is 2.70. The van der Waals surface area contributed by atoms with Gasteiger partial charge in [-0.3, -0.25) is 0 Å². The highest BCUT2D eigenvalue weighted by atomic mass is 14.5. The number of rotatable bonds is 4. The van der Waals surface area contributed by atoms with Crippen LogP contribution in [0, 0.1) is 11.8 Å². The lowest BCUT2D eigenvalue weighted by Crippen LogP contribution is -2.29. The Hall–Kier alpha value is -1.56. The Morgan fingerprint density at radius 2 is 1.05 bits per heavy atom. The van der Waals surface area contributed by atoms with E-state index in [-0.39, 0.29) is 5.41 Å². The van der Waals surface area contributed by atoms with E-state index in [4.69, 9.17) is 0 Å². The first kappa shape index (κ1) is 14.4. The van der Waals surface area contributed by atoms with Gasteiger partial charge in [-0.25, -0.2) is 0 Å². The molecule has 3 rings (SSSR count). The minimum Gasteiger partial charge on any atom is -0.0627 e. The van der Waals surface area contributed by atoms with E-state index in [2.05, 4.69) is 76.2 Å². The first-order valence-electron chi connectivity index (χ1n) is 8.24. The van der Waals surface area contributed by atoms with Gasteiger partial charge in [-0.15, -0.1) is 0 Å². The number of fused-ring (bicyclic) bond motifs is 3. The molecule has 0 nitrogen and oxygen atoms in total. The van der Waals surface area contributed by atoms with Gasteiger partial charge >= 0.3 is 0 Å². The molecule has 0 aliphatic heterocycles. The average molecular weight is 278 g/mol. The zero-order chi connectivity index (χ0) is 15.0. The highest BCUT2D eigenvalue weighted by molar-refractivity contribution is 5.81. The van der Waals surface area contributed by atoms with E-state index in [1.54, 1.807) is 11.1 Å². The number of hydrogen-bond donors (Lipinski definition) is 0. The fourth-order valence-corrected chi connectivity index (χ4v) is 4.33. The second-order valence-corrected chi connectivity index (χ2v) is 7.37. The topological polar surface area (TPSA) is 0 Å². The summed E-state index contributed by atoms with van der Waals surface area (Å²) in [5.74, 6) is 1.39. The molecule has 0 N–H and O–H groups in total. The molecular formula is C21H26. The summed E-state index contributed by atoms with van der Waals surface area (Å²) in [5.41, 5.74) is 6.21. The summed E-state index contributed by atoms with van der Waals surface area (Å²) in [6, 6.07) is 18.1. The van der Waals surface area contributed by atoms with E-state index < -0.39 is 0 Å². The first-order valence-corrected chi connectivity index (χ1v) is 8.24. The molecule has 0 heterocycles. The summed E-state index contributed by atoms with van der Waals surface area (Å²) in [7, 11) is 0. The van der Waals surface area contributed by atoms with Gasteiger partial charge in [0, 0.05) is 5.41 Å². The smallest absolute Gasteiger partial charge is 0.0220 e. The Kier molecular flexibility index (Phi) is 3.65. The van der Waals surface area contributed by atoms with E-state index in [1.165, 1.54) is 24.0 Å². The van der Waals surface area contributed by atoms with E-state index in [0.717, 1.165) is 0 Å². The van der Waals surface area contributed by atoms with Crippen LogP contribution in [0.5, 0.6) is 0 Å². The first-order chi connectivity index (χ1) is 10.0. The molecule has 21 heavy (non-hydrogen) atoms. The van der Waals surface area contributed by atoms with Crippen molar-refractivity contribution in [3.63, 3.8) is 0 Å². The second-order valence-electron chi connectivity index (χ2n) is 7.37. The van der Waals surface area contributed by atoms with E-state index >= 15 is 0 Å². The van der Waals surface area contributed by atoms with E-state index in [0.29, 0.717) is 11.8 Å². The summed E-state index contributed by atoms with van der Waals surface area (Å²) < 4.78 is 0. The summed E-state index contributed by atoms with van der Waals surface area (Å²) in [4.78, 5) is 0. The zero-order valence-corrected chi connectivity index (χ0v) is 13.7. The maximum absolute atomic E-state index is 2.36. The van der Waals surface area contributed by atoms with Crippen LogP contribution in [0.3, 0.4) is 0 Å². The van der Waals surface area contributed by atoms with Crippen LogP contribution >= 0.6 is 0 Å². The molecule has 0 saturated carbocycles. The fraction of sp³-hybridized carbons (Fsp3) is 0.429. The highest BCUT2D eigenvalue weighted by Gasteiger charge is 2.43. The lowest BCUT2D eigenvalue weighted by Gasteiger charge is -2.35.